The van der Waals surface area contributed by atoms with E-state index in [0.717, 1.165) is 5.39 Å². The van der Waals surface area contributed by atoms with E-state index in [1.165, 1.54) is 0 Å². The van der Waals surface area contributed by atoms with Gasteiger partial charge in [0.25, 0.3) is 5.91 Å². The van der Waals surface area contributed by atoms with Crippen molar-refractivity contribution in [1.82, 2.24) is 5.32 Å². The van der Waals surface area contributed by atoms with Crippen LogP contribution in [0.25, 0.3) is 22.1 Å². The maximum Gasteiger partial charge on any atom is 0.344 e. The molecule has 0 saturated heterocycles. The summed E-state index contributed by atoms with van der Waals surface area (Å²) in [6.45, 7) is 1.39. The van der Waals surface area contributed by atoms with Crippen molar-refractivity contribution >= 4 is 16.9 Å². The zero-order chi connectivity index (χ0) is 20.1. The van der Waals surface area contributed by atoms with Crippen LogP contribution in [0.3, 0.4) is 0 Å². The van der Waals surface area contributed by atoms with Gasteiger partial charge in [0, 0.05) is 11.4 Å². The van der Waals surface area contributed by atoms with Crippen molar-refractivity contribution in [3.8, 4) is 22.6 Å². The maximum absolute atomic E-state index is 12.3. The first-order chi connectivity index (χ1) is 13.5. The van der Waals surface area contributed by atoms with E-state index in [1.54, 1.807) is 62.6 Å². The molecule has 1 atom stereocenters. The van der Waals surface area contributed by atoms with Gasteiger partial charge in [-0.15, -0.1) is 0 Å². The third kappa shape index (κ3) is 4.50. The number of hydrogen-bond acceptors (Lipinski definition) is 6. The molecule has 3 aromatic rings. The van der Waals surface area contributed by atoms with Gasteiger partial charge in [0.05, 0.1) is 19.3 Å². The Bertz CT molecular complexity index is 1030. The van der Waals surface area contributed by atoms with E-state index in [2.05, 4.69) is 5.32 Å². The highest BCUT2D eigenvalue weighted by atomic mass is 16.5. The van der Waals surface area contributed by atoms with Gasteiger partial charge < -0.3 is 24.3 Å². The summed E-state index contributed by atoms with van der Waals surface area (Å²) in [5.41, 5.74) is 1.13. The van der Waals surface area contributed by atoms with Crippen LogP contribution in [0.2, 0.25) is 0 Å². The second-order valence-electron chi connectivity index (χ2n) is 6.32. The van der Waals surface area contributed by atoms with Crippen molar-refractivity contribution < 1.29 is 23.8 Å². The van der Waals surface area contributed by atoms with Crippen LogP contribution in [0.15, 0.2) is 57.7 Å². The lowest BCUT2D eigenvalue weighted by atomic mass is 10.1. The molecule has 1 heterocycles. The SMILES string of the molecule is COc1ccc2oc(=O)c(-c3ccc(OCC(=O)NC(C)CO)cc3)cc2c1. The van der Waals surface area contributed by atoms with E-state index in [9.17, 15) is 9.59 Å². The number of ether oxygens (including phenoxy) is 2. The number of amides is 1. The van der Waals surface area contributed by atoms with E-state index in [-0.39, 0.29) is 25.2 Å². The molecule has 2 N–H and O–H groups in total. The number of fused-ring (bicyclic) bond motifs is 1. The maximum atomic E-state index is 12.3. The summed E-state index contributed by atoms with van der Waals surface area (Å²) in [6, 6.07) is 13.4. The van der Waals surface area contributed by atoms with E-state index >= 15 is 0 Å². The van der Waals surface area contributed by atoms with Crippen LogP contribution in [-0.4, -0.2) is 37.4 Å². The van der Waals surface area contributed by atoms with Gasteiger partial charge in [0.2, 0.25) is 0 Å². The van der Waals surface area contributed by atoms with Gasteiger partial charge in [0.1, 0.15) is 17.1 Å². The smallest absolute Gasteiger partial charge is 0.344 e. The molecular formula is C21H21NO6. The quantitative estimate of drug-likeness (QED) is 0.608. The summed E-state index contributed by atoms with van der Waals surface area (Å²) in [5.74, 6) is 0.835. The highest BCUT2D eigenvalue weighted by Gasteiger charge is 2.10. The average Bonchev–Trinajstić information content (AvgIpc) is 2.71. The Kier molecular flexibility index (Phi) is 5.96. The van der Waals surface area contributed by atoms with Gasteiger partial charge >= 0.3 is 5.63 Å². The van der Waals surface area contributed by atoms with Gasteiger partial charge in [0.15, 0.2) is 6.61 Å². The number of hydrogen-bond donors (Lipinski definition) is 2. The monoisotopic (exact) mass is 383 g/mol. The Balaban J connectivity index is 1.76. The number of nitrogens with one attached hydrogen (secondary N) is 1. The summed E-state index contributed by atoms with van der Waals surface area (Å²) in [4.78, 5) is 24.0. The fourth-order valence-electron chi connectivity index (χ4n) is 2.67. The Morgan fingerprint density at radius 2 is 1.86 bits per heavy atom. The number of carbonyl (C=O) groups is 1. The van der Waals surface area contributed by atoms with Crippen molar-refractivity contribution in [1.29, 1.82) is 0 Å². The summed E-state index contributed by atoms with van der Waals surface area (Å²) >= 11 is 0. The first kappa shape index (κ1) is 19.4. The molecule has 0 fully saturated rings. The third-order valence-corrected chi connectivity index (χ3v) is 4.16. The molecule has 146 valence electrons. The molecule has 0 aliphatic rings. The Morgan fingerprint density at radius 3 is 2.54 bits per heavy atom. The lowest BCUT2D eigenvalue weighted by molar-refractivity contribution is -0.123. The van der Waals surface area contributed by atoms with Crippen molar-refractivity contribution in [3.63, 3.8) is 0 Å². The Labute approximate surface area is 161 Å². The summed E-state index contributed by atoms with van der Waals surface area (Å²) in [6.07, 6.45) is 0. The number of methoxy groups -OCH3 is 1. The normalized spacial score (nSPS) is 11.8. The van der Waals surface area contributed by atoms with Gasteiger partial charge in [-0.3, -0.25) is 4.79 Å². The van der Waals surface area contributed by atoms with Crippen LogP contribution < -0.4 is 20.4 Å². The minimum Gasteiger partial charge on any atom is -0.497 e. The highest BCUT2D eigenvalue weighted by molar-refractivity contribution is 5.83. The van der Waals surface area contributed by atoms with Crippen LogP contribution in [0.5, 0.6) is 11.5 Å². The molecule has 0 aliphatic heterocycles. The van der Waals surface area contributed by atoms with Crippen molar-refractivity contribution in [2.45, 2.75) is 13.0 Å². The number of aliphatic hydroxyl groups is 1. The second-order valence-corrected chi connectivity index (χ2v) is 6.32. The number of carbonyl (C=O) groups excluding carboxylic acids is 1. The van der Waals surface area contributed by atoms with Crippen LogP contribution in [0.1, 0.15) is 6.92 Å². The van der Waals surface area contributed by atoms with Crippen LogP contribution in [-0.2, 0) is 4.79 Å². The molecule has 0 bridgehead atoms. The molecule has 7 nitrogen and oxygen atoms in total. The predicted molar refractivity (Wildman–Crippen MR) is 105 cm³/mol. The first-order valence-electron chi connectivity index (χ1n) is 8.75. The zero-order valence-corrected chi connectivity index (χ0v) is 15.6. The molecule has 2 aromatic carbocycles. The number of aliphatic hydroxyl groups excluding tert-OH is 1. The molecule has 0 radical (unpaired) electrons. The van der Waals surface area contributed by atoms with E-state index in [4.69, 9.17) is 19.0 Å². The molecule has 1 unspecified atom stereocenters. The molecule has 1 amide bonds. The van der Waals surface area contributed by atoms with E-state index in [0.29, 0.717) is 28.2 Å². The number of rotatable bonds is 7. The van der Waals surface area contributed by atoms with Crippen LogP contribution >= 0.6 is 0 Å². The second kappa shape index (κ2) is 8.58. The van der Waals surface area contributed by atoms with Gasteiger partial charge in [-0.05, 0) is 48.9 Å². The molecule has 28 heavy (non-hydrogen) atoms. The summed E-state index contributed by atoms with van der Waals surface area (Å²) in [7, 11) is 1.57. The largest absolute Gasteiger partial charge is 0.497 e. The molecule has 7 heteroatoms. The standard InChI is InChI=1S/C21H21NO6/c1-13(11-23)22-20(24)12-27-16-5-3-14(4-6-16)18-10-15-9-17(26-2)7-8-19(15)28-21(18)25/h3-10,13,23H,11-12H2,1-2H3,(H,22,24). The fourth-order valence-corrected chi connectivity index (χ4v) is 2.67. The van der Waals surface area contributed by atoms with Crippen molar-refractivity contribution in [2.75, 3.05) is 20.3 Å². The van der Waals surface area contributed by atoms with Crippen LogP contribution in [0.4, 0.5) is 0 Å². The molecule has 0 aliphatic carbocycles. The van der Waals surface area contributed by atoms with Crippen molar-refractivity contribution in [2.24, 2.45) is 0 Å². The molecule has 1 aromatic heterocycles. The lowest BCUT2D eigenvalue weighted by Gasteiger charge is -2.11. The summed E-state index contributed by atoms with van der Waals surface area (Å²) in [5, 5.41) is 12.3. The lowest BCUT2D eigenvalue weighted by Crippen LogP contribution is -2.38. The van der Waals surface area contributed by atoms with E-state index in [1.807, 2.05) is 0 Å². The topological polar surface area (TPSA) is 98.0 Å². The minimum atomic E-state index is -0.441. The zero-order valence-electron chi connectivity index (χ0n) is 15.6. The number of benzene rings is 2. The first-order valence-corrected chi connectivity index (χ1v) is 8.75. The van der Waals surface area contributed by atoms with Gasteiger partial charge in [-0.25, -0.2) is 4.79 Å². The Hall–Kier alpha value is -3.32. The molecule has 0 spiro atoms. The summed E-state index contributed by atoms with van der Waals surface area (Å²) < 4.78 is 16.0. The Morgan fingerprint density at radius 1 is 1.14 bits per heavy atom. The minimum absolute atomic E-state index is 0.138. The third-order valence-electron chi connectivity index (χ3n) is 4.16. The highest BCUT2D eigenvalue weighted by Crippen LogP contribution is 2.25. The van der Waals surface area contributed by atoms with Crippen LogP contribution in [0, 0.1) is 0 Å². The molecular weight excluding hydrogens is 362 g/mol. The fraction of sp³-hybridized carbons (Fsp3) is 0.238. The average molecular weight is 383 g/mol. The van der Waals surface area contributed by atoms with Gasteiger partial charge in [-0.1, -0.05) is 12.1 Å². The van der Waals surface area contributed by atoms with Crippen molar-refractivity contribution in [3.05, 3.63) is 59.0 Å². The molecule has 0 saturated carbocycles. The van der Waals surface area contributed by atoms with Gasteiger partial charge in [-0.2, -0.15) is 0 Å². The van der Waals surface area contributed by atoms with E-state index < -0.39 is 5.63 Å². The molecule has 3 rings (SSSR count). The predicted octanol–water partition coefficient (Wildman–Crippen LogP) is 2.34.